The summed E-state index contributed by atoms with van der Waals surface area (Å²) in [5.74, 6) is -0.324. The van der Waals surface area contributed by atoms with Gasteiger partial charge in [0.2, 0.25) is 0 Å². The molecule has 5 heteroatoms. The molecule has 0 spiro atoms. The molecule has 98 valence electrons. The summed E-state index contributed by atoms with van der Waals surface area (Å²) in [5, 5.41) is 6.55. The van der Waals surface area contributed by atoms with Crippen molar-refractivity contribution in [3.63, 3.8) is 0 Å². The van der Waals surface area contributed by atoms with Gasteiger partial charge in [-0.1, -0.05) is 13.0 Å². The first kappa shape index (κ1) is 12.9. The average molecular weight is 249 g/mol. The van der Waals surface area contributed by atoms with E-state index in [9.17, 15) is 4.79 Å². The van der Waals surface area contributed by atoms with E-state index in [-0.39, 0.29) is 11.8 Å². The fraction of sp³-hybridized carbons (Fsp3) is 0.462. The monoisotopic (exact) mass is 249 g/mol. The van der Waals surface area contributed by atoms with E-state index >= 15 is 0 Å². The summed E-state index contributed by atoms with van der Waals surface area (Å²) in [6.07, 6.45) is 0. The third-order valence-corrected chi connectivity index (χ3v) is 3.17. The number of nitrogens with zero attached hydrogens (tertiary/aromatic N) is 1. The van der Waals surface area contributed by atoms with Crippen LogP contribution in [0.4, 0.5) is 0 Å². The molecule has 5 nitrogen and oxygen atoms in total. The molecule has 1 aromatic carbocycles. The molecule has 0 saturated heterocycles. The van der Waals surface area contributed by atoms with Crippen molar-refractivity contribution in [3.05, 3.63) is 34.3 Å². The van der Waals surface area contributed by atoms with Crippen molar-refractivity contribution in [3.8, 4) is 0 Å². The smallest absolute Gasteiger partial charge is 0.408 e. The summed E-state index contributed by atoms with van der Waals surface area (Å²) < 4.78 is 6.71. The lowest BCUT2D eigenvalue weighted by molar-refractivity contribution is 0.523. The van der Waals surface area contributed by atoms with Crippen LogP contribution < -0.4 is 16.4 Å². The van der Waals surface area contributed by atoms with Crippen LogP contribution in [0.1, 0.15) is 18.5 Å². The first-order valence-corrected chi connectivity index (χ1v) is 6.14. The molecule has 0 aliphatic heterocycles. The van der Waals surface area contributed by atoms with Crippen LogP contribution in [0.25, 0.3) is 11.1 Å². The highest BCUT2D eigenvalue weighted by Gasteiger charge is 2.12. The Kier molecular flexibility index (Phi) is 3.84. The molecule has 0 bridgehead atoms. The van der Waals surface area contributed by atoms with E-state index in [0.717, 1.165) is 24.2 Å². The van der Waals surface area contributed by atoms with Gasteiger partial charge >= 0.3 is 5.76 Å². The van der Waals surface area contributed by atoms with Gasteiger partial charge in [0, 0.05) is 19.6 Å². The molecule has 2 aromatic rings. The largest absolute Gasteiger partial charge is 0.419 e. The van der Waals surface area contributed by atoms with Crippen molar-refractivity contribution >= 4 is 11.1 Å². The summed E-state index contributed by atoms with van der Waals surface area (Å²) >= 11 is 0. The number of fused-ring (bicyclic) bond motifs is 1. The van der Waals surface area contributed by atoms with E-state index in [4.69, 9.17) is 4.42 Å². The maximum absolute atomic E-state index is 11.4. The molecule has 0 radical (unpaired) electrons. The van der Waals surface area contributed by atoms with E-state index in [1.807, 2.05) is 25.2 Å². The van der Waals surface area contributed by atoms with Gasteiger partial charge < -0.3 is 15.1 Å². The minimum absolute atomic E-state index is 0.208. The Labute approximate surface area is 106 Å². The maximum atomic E-state index is 11.4. The van der Waals surface area contributed by atoms with Gasteiger partial charge in [-0.05, 0) is 31.3 Å². The fourth-order valence-electron chi connectivity index (χ4n) is 2.04. The summed E-state index contributed by atoms with van der Waals surface area (Å²) in [5.41, 5.74) is 2.57. The van der Waals surface area contributed by atoms with Crippen LogP contribution in [0.5, 0.6) is 0 Å². The molecule has 2 rings (SSSR count). The highest BCUT2D eigenvalue weighted by molar-refractivity contribution is 5.73. The summed E-state index contributed by atoms with van der Waals surface area (Å²) in [6, 6.07) is 6.08. The molecule has 2 N–H and O–H groups in total. The quantitative estimate of drug-likeness (QED) is 0.830. The molecule has 0 amide bonds. The standard InChI is InChI=1S/C13H19N3O2/c1-4-15-8-10(14-2)9-5-6-11-12(7-9)18-13(17)16(11)3/h5-7,10,14-15H,4,8H2,1-3H3. The van der Waals surface area contributed by atoms with Gasteiger partial charge in [-0.3, -0.25) is 4.57 Å². The summed E-state index contributed by atoms with van der Waals surface area (Å²) in [7, 11) is 3.63. The Balaban J connectivity index is 2.36. The zero-order valence-electron chi connectivity index (χ0n) is 11.0. The van der Waals surface area contributed by atoms with E-state index in [2.05, 4.69) is 17.6 Å². The molecule has 0 saturated carbocycles. The average Bonchev–Trinajstić information content (AvgIpc) is 2.66. The van der Waals surface area contributed by atoms with E-state index < -0.39 is 0 Å². The number of rotatable bonds is 5. The fourth-order valence-corrected chi connectivity index (χ4v) is 2.04. The third-order valence-electron chi connectivity index (χ3n) is 3.17. The SMILES string of the molecule is CCNCC(NC)c1ccc2c(c1)oc(=O)n2C. The molecule has 1 atom stereocenters. The Hall–Kier alpha value is -1.59. The minimum Gasteiger partial charge on any atom is -0.408 e. The first-order valence-electron chi connectivity index (χ1n) is 6.14. The molecular formula is C13H19N3O2. The maximum Gasteiger partial charge on any atom is 0.419 e. The predicted octanol–water partition coefficient (Wildman–Crippen LogP) is 1.00. The Morgan fingerprint density at radius 2 is 2.22 bits per heavy atom. The van der Waals surface area contributed by atoms with Gasteiger partial charge in [-0.15, -0.1) is 0 Å². The van der Waals surface area contributed by atoms with E-state index in [1.165, 1.54) is 4.57 Å². The summed E-state index contributed by atoms with van der Waals surface area (Å²) in [4.78, 5) is 11.4. The second-order valence-electron chi connectivity index (χ2n) is 4.30. The Morgan fingerprint density at radius 1 is 1.44 bits per heavy atom. The van der Waals surface area contributed by atoms with Gasteiger partial charge in [0.05, 0.1) is 5.52 Å². The molecular weight excluding hydrogens is 230 g/mol. The lowest BCUT2D eigenvalue weighted by Crippen LogP contribution is -2.29. The number of hydrogen-bond acceptors (Lipinski definition) is 4. The molecule has 0 aliphatic rings. The van der Waals surface area contributed by atoms with Gasteiger partial charge in [0.1, 0.15) is 0 Å². The molecule has 18 heavy (non-hydrogen) atoms. The number of hydrogen-bond donors (Lipinski definition) is 2. The molecule has 1 unspecified atom stereocenters. The van der Waals surface area contributed by atoms with Crippen molar-refractivity contribution in [2.24, 2.45) is 7.05 Å². The zero-order valence-corrected chi connectivity index (χ0v) is 11.0. The van der Waals surface area contributed by atoms with Gasteiger partial charge in [0.25, 0.3) is 0 Å². The number of aromatic nitrogens is 1. The van der Waals surface area contributed by atoms with E-state index in [0.29, 0.717) is 5.58 Å². The number of oxazole rings is 1. The third kappa shape index (κ3) is 2.32. The predicted molar refractivity (Wildman–Crippen MR) is 71.8 cm³/mol. The van der Waals surface area contributed by atoms with Crippen LogP contribution in [-0.2, 0) is 7.05 Å². The number of benzene rings is 1. The van der Waals surface area contributed by atoms with Crippen molar-refractivity contribution in [1.82, 2.24) is 15.2 Å². The van der Waals surface area contributed by atoms with Gasteiger partial charge in [0.15, 0.2) is 5.58 Å². The molecule has 1 aromatic heterocycles. The zero-order chi connectivity index (χ0) is 13.1. The second kappa shape index (κ2) is 5.37. The van der Waals surface area contributed by atoms with Crippen LogP contribution in [0.15, 0.2) is 27.4 Å². The minimum atomic E-state index is -0.324. The van der Waals surface area contributed by atoms with Crippen molar-refractivity contribution in [1.29, 1.82) is 0 Å². The second-order valence-corrected chi connectivity index (χ2v) is 4.30. The number of likely N-dealkylation sites (N-methyl/N-ethyl adjacent to an activating group) is 2. The molecule has 0 aliphatic carbocycles. The van der Waals surface area contributed by atoms with Crippen LogP contribution in [0.3, 0.4) is 0 Å². The lowest BCUT2D eigenvalue weighted by Gasteiger charge is -2.16. The number of nitrogens with one attached hydrogen (secondary N) is 2. The normalized spacial score (nSPS) is 13.1. The molecule has 0 fully saturated rings. The van der Waals surface area contributed by atoms with Crippen molar-refractivity contribution in [2.45, 2.75) is 13.0 Å². The number of aryl methyl sites for hydroxylation is 1. The van der Waals surface area contributed by atoms with Crippen LogP contribution in [0, 0.1) is 0 Å². The first-order chi connectivity index (χ1) is 8.67. The van der Waals surface area contributed by atoms with Gasteiger partial charge in [-0.25, -0.2) is 4.79 Å². The van der Waals surface area contributed by atoms with Crippen LogP contribution in [-0.4, -0.2) is 24.7 Å². The summed E-state index contributed by atoms with van der Waals surface area (Å²) in [6.45, 7) is 3.85. The Morgan fingerprint density at radius 3 is 2.89 bits per heavy atom. The van der Waals surface area contributed by atoms with Gasteiger partial charge in [-0.2, -0.15) is 0 Å². The molecule has 1 heterocycles. The topological polar surface area (TPSA) is 59.2 Å². The van der Waals surface area contributed by atoms with Crippen molar-refractivity contribution in [2.75, 3.05) is 20.1 Å². The van der Waals surface area contributed by atoms with E-state index in [1.54, 1.807) is 7.05 Å². The highest BCUT2D eigenvalue weighted by atomic mass is 16.4. The van der Waals surface area contributed by atoms with Crippen molar-refractivity contribution < 1.29 is 4.42 Å². The highest BCUT2D eigenvalue weighted by Crippen LogP contribution is 2.19. The lowest BCUT2D eigenvalue weighted by atomic mass is 10.1. The van der Waals surface area contributed by atoms with Crippen LogP contribution in [0.2, 0.25) is 0 Å². The van der Waals surface area contributed by atoms with Crippen LogP contribution >= 0.6 is 0 Å². The Bertz CT molecular complexity index is 585.